The highest BCUT2D eigenvalue weighted by atomic mass is 35.5. The number of amides is 1. The smallest absolute Gasteiger partial charge is 0.348 e. The maximum Gasteiger partial charge on any atom is 0.348 e. The van der Waals surface area contributed by atoms with Crippen molar-refractivity contribution in [2.45, 2.75) is 13.5 Å². The van der Waals surface area contributed by atoms with Gasteiger partial charge in [0.2, 0.25) is 5.91 Å². The Bertz CT molecular complexity index is 1030. The number of carbonyl (C=O) groups is 2. The van der Waals surface area contributed by atoms with Gasteiger partial charge in [-0.25, -0.2) is 9.18 Å². The lowest BCUT2D eigenvalue weighted by molar-refractivity contribution is 0.0529. The number of ether oxygens (including phenoxy) is 2. The van der Waals surface area contributed by atoms with Crippen molar-refractivity contribution in [3.05, 3.63) is 63.2 Å². The number of thiophene rings is 1. The van der Waals surface area contributed by atoms with Gasteiger partial charge in [-0.3, -0.25) is 4.79 Å². The van der Waals surface area contributed by atoms with E-state index in [2.05, 4.69) is 0 Å². The molecule has 0 aliphatic carbocycles. The number of esters is 1. The SMILES string of the molecule is CCOC(=O)c1sc2cccc(F)c2c1COc1ccc(C(N)=O)c(Cl)c1. The first-order valence-electron chi connectivity index (χ1n) is 8.01. The van der Waals surface area contributed by atoms with Gasteiger partial charge in [-0.1, -0.05) is 17.7 Å². The molecule has 1 heterocycles. The largest absolute Gasteiger partial charge is 0.489 e. The predicted molar refractivity (Wildman–Crippen MR) is 102 cm³/mol. The molecular formula is C19H15ClFNO4S. The van der Waals surface area contributed by atoms with Gasteiger partial charge >= 0.3 is 5.97 Å². The van der Waals surface area contributed by atoms with Crippen molar-refractivity contribution >= 4 is 44.9 Å². The van der Waals surface area contributed by atoms with Gasteiger partial charge in [0.1, 0.15) is 23.1 Å². The highest BCUT2D eigenvalue weighted by Gasteiger charge is 2.22. The summed E-state index contributed by atoms with van der Waals surface area (Å²) in [6.45, 7) is 1.84. The Kier molecular flexibility index (Phi) is 5.62. The summed E-state index contributed by atoms with van der Waals surface area (Å²) in [7, 11) is 0. The van der Waals surface area contributed by atoms with Crippen LogP contribution in [0, 0.1) is 5.82 Å². The van der Waals surface area contributed by atoms with Gasteiger partial charge in [0.05, 0.1) is 17.2 Å². The van der Waals surface area contributed by atoms with Crippen LogP contribution in [0.25, 0.3) is 10.1 Å². The van der Waals surface area contributed by atoms with Crippen molar-refractivity contribution in [2.24, 2.45) is 5.73 Å². The number of fused-ring (bicyclic) bond motifs is 1. The number of benzene rings is 2. The van der Waals surface area contributed by atoms with Gasteiger partial charge in [0.25, 0.3) is 0 Å². The summed E-state index contributed by atoms with van der Waals surface area (Å²) in [6, 6.07) is 9.05. The third-order valence-electron chi connectivity index (χ3n) is 3.81. The first kappa shape index (κ1) is 19.1. The number of nitrogens with two attached hydrogens (primary N) is 1. The quantitative estimate of drug-likeness (QED) is 0.608. The topological polar surface area (TPSA) is 78.6 Å². The second-order valence-corrected chi connectivity index (χ2v) is 7.00. The Hall–Kier alpha value is -2.64. The van der Waals surface area contributed by atoms with Crippen molar-refractivity contribution in [1.29, 1.82) is 0 Å². The molecule has 0 unspecified atom stereocenters. The third-order valence-corrected chi connectivity index (χ3v) is 5.30. The van der Waals surface area contributed by atoms with Crippen molar-refractivity contribution in [3.63, 3.8) is 0 Å². The minimum absolute atomic E-state index is 0.0681. The average Bonchev–Trinajstić information content (AvgIpc) is 3.00. The van der Waals surface area contributed by atoms with Gasteiger partial charge in [-0.2, -0.15) is 0 Å². The van der Waals surface area contributed by atoms with Crippen molar-refractivity contribution in [3.8, 4) is 5.75 Å². The molecule has 5 nitrogen and oxygen atoms in total. The lowest BCUT2D eigenvalue weighted by Crippen LogP contribution is -2.11. The van der Waals surface area contributed by atoms with Gasteiger partial charge in [-0.15, -0.1) is 11.3 Å². The summed E-state index contributed by atoms with van der Waals surface area (Å²) < 4.78 is 25.8. The Morgan fingerprint density at radius 1 is 1.26 bits per heavy atom. The molecule has 0 fully saturated rings. The molecule has 1 amide bonds. The van der Waals surface area contributed by atoms with Crippen LogP contribution in [0.15, 0.2) is 36.4 Å². The summed E-state index contributed by atoms with van der Waals surface area (Å²) in [5, 5.41) is 0.470. The van der Waals surface area contributed by atoms with E-state index in [9.17, 15) is 14.0 Å². The third kappa shape index (κ3) is 3.89. The molecule has 1 aromatic heterocycles. The summed E-state index contributed by atoms with van der Waals surface area (Å²) >= 11 is 7.16. The Morgan fingerprint density at radius 3 is 2.70 bits per heavy atom. The second kappa shape index (κ2) is 7.94. The number of primary amides is 1. The molecule has 140 valence electrons. The van der Waals surface area contributed by atoms with Crippen LogP contribution in [0.2, 0.25) is 5.02 Å². The van der Waals surface area contributed by atoms with Crippen LogP contribution in [0.4, 0.5) is 4.39 Å². The maximum atomic E-state index is 14.4. The van der Waals surface area contributed by atoms with Crippen LogP contribution < -0.4 is 10.5 Å². The molecule has 0 saturated heterocycles. The first-order valence-corrected chi connectivity index (χ1v) is 9.21. The number of carbonyl (C=O) groups excluding carboxylic acids is 2. The van der Waals surface area contributed by atoms with E-state index in [1.807, 2.05) is 0 Å². The van der Waals surface area contributed by atoms with Crippen molar-refractivity contribution in [1.82, 2.24) is 0 Å². The molecule has 0 radical (unpaired) electrons. The minimum Gasteiger partial charge on any atom is -0.489 e. The molecule has 2 N–H and O–H groups in total. The standard InChI is InChI=1S/C19H15ClFNO4S/c1-2-25-19(24)17-12(16-14(21)4-3-5-15(16)27-17)9-26-10-6-7-11(18(22)23)13(20)8-10/h3-8H,2,9H2,1H3,(H2,22,23). The van der Waals surface area contributed by atoms with Crippen LogP contribution in [0.3, 0.4) is 0 Å². The second-order valence-electron chi connectivity index (χ2n) is 5.54. The number of hydrogen-bond acceptors (Lipinski definition) is 5. The highest BCUT2D eigenvalue weighted by Crippen LogP contribution is 2.35. The van der Waals surface area contributed by atoms with E-state index in [4.69, 9.17) is 26.8 Å². The molecule has 3 rings (SSSR count). The van der Waals surface area contributed by atoms with E-state index < -0.39 is 17.7 Å². The zero-order chi connectivity index (χ0) is 19.6. The molecular weight excluding hydrogens is 393 g/mol. The van der Waals surface area contributed by atoms with E-state index in [0.717, 1.165) is 11.3 Å². The number of hydrogen-bond donors (Lipinski definition) is 1. The molecule has 8 heteroatoms. The van der Waals surface area contributed by atoms with E-state index in [0.29, 0.717) is 21.4 Å². The summed E-state index contributed by atoms with van der Waals surface area (Å²) in [5.41, 5.74) is 5.79. The van der Waals surface area contributed by atoms with E-state index in [1.54, 1.807) is 19.1 Å². The predicted octanol–water partition coefficient (Wildman–Crippen LogP) is 4.55. The fourth-order valence-corrected chi connectivity index (χ4v) is 3.99. The van der Waals surface area contributed by atoms with Crippen LogP contribution in [-0.4, -0.2) is 18.5 Å². The lowest BCUT2D eigenvalue weighted by atomic mass is 10.1. The Balaban J connectivity index is 1.96. The fourth-order valence-electron chi connectivity index (χ4n) is 2.61. The number of rotatable bonds is 6. The van der Waals surface area contributed by atoms with E-state index >= 15 is 0 Å². The molecule has 3 aromatic rings. The zero-order valence-electron chi connectivity index (χ0n) is 14.3. The molecule has 0 saturated carbocycles. The van der Waals surface area contributed by atoms with Crippen molar-refractivity contribution < 1.29 is 23.5 Å². The Labute approximate surface area is 163 Å². The van der Waals surface area contributed by atoms with Gasteiger partial charge in [0.15, 0.2) is 0 Å². The van der Waals surface area contributed by atoms with Gasteiger partial charge < -0.3 is 15.2 Å². The number of halogens is 2. The van der Waals surface area contributed by atoms with Crippen molar-refractivity contribution in [2.75, 3.05) is 6.61 Å². The Morgan fingerprint density at radius 2 is 2.04 bits per heavy atom. The fraction of sp³-hybridized carbons (Fsp3) is 0.158. The van der Waals surface area contributed by atoms with Crippen LogP contribution >= 0.6 is 22.9 Å². The summed E-state index contributed by atoms with van der Waals surface area (Å²) in [4.78, 5) is 23.8. The average molecular weight is 408 g/mol. The molecule has 0 bridgehead atoms. The van der Waals surface area contributed by atoms with Crippen LogP contribution in [0.1, 0.15) is 32.5 Å². The van der Waals surface area contributed by atoms with Gasteiger partial charge in [-0.05, 0) is 37.3 Å². The maximum absolute atomic E-state index is 14.4. The minimum atomic E-state index is -0.651. The molecule has 0 aliphatic heterocycles. The molecule has 0 atom stereocenters. The molecule has 0 spiro atoms. The van der Waals surface area contributed by atoms with Gasteiger partial charge in [0, 0.05) is 15.6 Å². The summed E-state index contributed by atoms with van der Waals surface area (Å²) in [5.74, 6) is -1.27. The molecule has 2 aromatic carbocycles. The highest BCUT2D eigenvalue weighted by molar-refractivity contribution is 7.21. The molecule has 27 heavy (non-hydrogen) atoms. The van der Waals surface area contributed by atoms with Crippen LogP contribution in [-0.2, 0) is 11.3 Å². The molecule has 0 aliphatic rings. The first-order chi connectivity index (χ1) is 12.9. The van der Waals surface area contributed by atoms with E-state index in [-0.39, 0.29) is 28.7 Å². The zero-order valence-corrected chi connectivity index (χ0v) is 15.8. The summed E-state index contributed by atoms with van der Waals surface area (Å²) in [6.07, 6.45) is 0. The van der Waals surface area contributed by atoms with Crippen LogP contribution in [0.5, 0.6) is 5.75 Å². The normalized spacial score (nSPS) is 10.8. The lowest BCUT2D eigenvalue weighted by Gasteiger charge is -2.09. The monoisotopic (exact) mass is 407 g/mol. The van der Waals surface area contributed by atoms with E-state index in [1.165, 1.54) is 24.3 Å².